The van der Waals surface area contributed by atoms with Gasteiger partial charge in [-0.25, -0.2) is 0 Å². The molecule has 1 aliphatic rings. The molecule has 0 atom stereocenters. The summed E-state index contributed by atoms with van der Waals surface area (Å²) in [5.74, 6) is 0.339. The fourth-order valence-electron chi connectivity index (χ4n) is 2.12. The smallest absolute Gasteiger partial charge is 0.322 e. The first-order valence-electron chi connectivity index (χ1n) is 6.62. The first-order chi connectivity index (χ1) is 9.11. The summed E-state index contributed by atoms with van der Waals surface area (Å²) in [7, 11) is 0. The maximum atomic E-state index is 10.2. The van der Waals surface area contributed by atoms with Crippen LogP contribution in [0.25, 0.3) is 0 Å². The van der Waals surface area contributed by atoms with Crippen LogP contribution in [0.15, 0.2) is 0 Å². The second-order valence-electron chi connectivity index (χ2n) is 4.84. The Labute approximate surface area is 117 Å². The molecule has 0 saturated heterocycles. The van der Waals surface area contributed by atoms with Crippen molar-refractivity contribution in [1.29, 1.82) is 0 Å². The number of halogens is 1. The van der Waals surface area contributed by atoms with Gasteiger partial charge >= 0.3 is 6.01 Å². The molecule has 1 aromatic heterocycles. The Morgan fingerprint density at radius 2 is 2.05 bits per heavy atom. The molecule has 7 heteroatoms. The molecule has 0 unspecified atom stereocenters. The maximum Gasteiger partial charge on any atom is 0.322 e. The van der Waals surface area contributed by atoms with Crippen LogP contribution in [-0.2, 0) is 0 Å². The topological polar surface area (TPSA) is 80.2 Å². The second kappa shape index (κ2) is 6.34. The first-order valence-corrected chi connectivity index (χ1v) is 7.00. The Balaban J connectivity index is 1.97. The first kappa shape index (κ1) is 14.3. The summed E-state index contributed by atoms with van der Waals surface area (Å²) in [5.41, 5.74) is -0.663. The fourth-order valence-corrected chi connectivity index (χ4v) is 2.27. The van der Waals surface area contributed by atoms with E-state index in [1.54, 1.807) is 0 Å². The van der Waals surface area contributed by atoms with Crippen LogP contribution >= 0.6 is 11.6 Å². The van der Waals surface area contributed by atoms with Crippen molar-refractivity contribution in [1.82, 2.24) is 15.0 Å². The molecule has 106 valence electrons. The van der Waals surface area contributed by atoms with E-state index in [1.165, 1.54) is 0 Å². The molecule has 1 aromatic rings. The molecule has 2 N–H and O–H groups in total. The SMILES string of the molecule is CCCOc1nc(Cl)nc(NCC2(O)CCCC2)n1. The Bertz CT molecular complexity index is 424. The van der Waals surface area contributed by atoms with E-state index in [2.05, 4.69) is 20.3 Å². The fraction of sp³-hybridized carbons (Fsp3) is 0.750. The van der Waals surface area contributed by atoms with Crippen molar-refractivity contribution in [2.45, 2.75) is 44.6 Å². The van der Waals surface area contributed by atoms with Crippen LogP contribution in [0.1, 0.15) is 39.0 Å². The zero-order chi connectivity index (χ0) is 13.7. The Kier molecular flexibility index (Phi) is 4.76. The van der Waals surface area contributed by atoms with E-state index >= 15 is 0 Å². The van der Waals surface area contributed by atoms with Gasteiger partial charge in [-0.15, -0.1) is 0 Å². The largest absolute Gasteiger partial charge is 0.463 e. The number of ether oxygens (including phenoxy) is 1. The molecule has 1 fully saturated rings. The lowest BCUT2D eigenvalue weighted by atomic mass is 10.0. The molecule has 0 bridgehead atoms. The summed E-state index contributed by atoms with van der Waals surface area (Å²) in [4.78, 5) is 12.0. The highest BCUT2D eigenvalue weighted by Crippen LogP contribution is 2.29. The quantitative estimate of drug-likeness (QED) is 0.833. The minimum atomic E-state index is -0.663. The molecule has 2 rings (SSSR count). The highest BCUT2D eigenvalue weighted by molar-refractivity contribution is 6.28. The highest BCUT2D eigenvalue weighted by Gasteiger charge is 2.31. The van der Waals surface area contributed by atoms with Gasteiger partial charge in [0, 0.05) is 6.54 Å². The van der Waals surface area contributed by atoms with Crippen LogP contribution in [0.4, 0.5) is 5.95 Å². The van der Waals surface area contributed by atoms with Gasteiger partial charge in [-0.05, 0) is 30.9 Å². The maximum absolute atomic E-state index is 10.2. The number of nitrogens with one attached hydrogen (secondary N) is 1. The van der Waals surface area contributed by atoms with E-state index in [-0.39, 0.29) is 11.3 Å². The van der Waals surface area contributed by atoms with E-state index in [4.69, 9.17) is 16.3 Å². The van der Waals surface area contributed by atoms with Gasteiger partial charge in [0.2, 0.25) is 11.2 Å². The molecule has 6 nitrogen and oxygen atoms in total. The molecule has 1 heterocycles. The van der Waals surface area contributed by atoms with Crippen LogP contribution < -0.4 is 10.1 Å². The molecule has 0 spiro atoms. The highest BCUT2D eigenvalue weighted by atomic mass is 35.5. The van der Waals surface area contributed by atoms with Crippen LogP contribution in [0.5, 0.6) is 6.01 Å². The van der Waals surface area contributed by atoms with E-state index in [0.717, 1.165) is 32.1 Å². The van der Waals surface area contributed by atoms with Gasteiger partial charge in [-0.2, -0.15) is 15.0 Å². The molecule has 0 aromatic carbocycles. The van der Waals surface area contributed by atoms with Gasteiger partial charge < -0.3 is 15.2 Å². The summed E-state index contributed by atoms with van der Waals surface area (Å²) in [6, 6.07) is 0.211. The minimum absolute atomic E-state index is 0.0852. The van der Waals surface area contributed by atoms with Gasteiger partial charge in [0.05, 0.1) is 12.2 Å². The number of rotatable bonds is 6. The summed E-state index contributed by atoms with van der Waals surface area (Å²) in [5, 5.41) is 13.3. The van der Waals surface area contributed by atoms with Gasteiger partial charge in [-0.3, -0.25) is 0 Å². The van der Waals surface area contributed by atoms with Gasteiger partial charge in [0.15, 0.2) is 0 Å². The molecular weight excluding hydrogens is 268 g/mol. The van der Waals surface area contributed by atoms with E-state index in [0.29, 0.717) is 19.1 Å². The van der Waals surface area contributed by atoms with E-state index in [9.17, 15) is 5.11 Å². The lowest BCUT2D eigenvalue weighted by Crippen LogP contribution is -2.34. The monoisotopic (exact) mass is 286 g/mol. The number of hydrogen-bond acceptors (Lipinski definition) is 6. The average Bonchev–Trinajstić information content (AvgIpc) is 2.81. The van der Waals surface area contributed by atoms with Crippen LogP contribution in [-0.4, -0.2) is 38.8 Å². The molecule has 0 amide bonds. The van der Waals surface area contributed by atoms with Crippen molar-refractivity contribution in [3.8, 4) is 6.01 Å². The summed E-state index contributed by atoms with van der Waals surface area (Å²) in [6.45, 7) is 2.95. The number of anilines is 1. The van der Waals surface area contributed by atoms with Gasteiger partial charge in [0.25, 0.3) is 0 Å². The number of nitrogens with zero attached hydrogens (tertiary/aromatic N) is 3. The van der Waals surface area contributed by atoms with E-state index in [1.807, 2.05) is 6.92 Å². The Morgan fingerprint density at radius 1 is 1.32 bits per heavy atom. The minimum Gasteiger partial charge on any atom is -0.463 e. The van der Waals surface area contributed by atoms with Crippen molar-refractivity contribution in [3.05, 3.63) is 5.28 Å². The van der Waals surface area contributed by atoms with E-state index < -0.39 is 5.60 Å². The van der Waals surface area contributed by atoms with Gasteiger partial charge in [0.1, 0.15) is 0 Å². The number of hydrogen-bond donors (Lipinski definition) is 2. The predicted molar refractivity (Wildman–Crippen MR) is 72.5 cm³/mol. The van der Waals surface area contributed by atoms with Crippen LogP contribution in [0.3, 0.4) is 0 Å². The summed E-state index contributed by atoms with van der Waals surface area (Å²) >= 11 is 5.81. The molecule has 1 saturated carbocycles. The second-order valence-corrected chi connectivity index (χ2v) is 5.18. The number of aliphatic hydroxyl groups is 1. The van der Waals surface area contributed by atoms with Gasteiger partial charge in [-0.1, -0.05) is 19.8 Å². The molecular formula is C12H19ClN4O2. The summed E-state index contributed by atoms with van der Waals surface area (Å²) in [6.07, 6.45) is 4.59. The third-order valence-electron chi connectivity index (χ3n) is 3.13. The third kappa shape index (κ3) is 4.18. The zero-order valence-electron chi connectivity index (χ0n) is 11.0. The number of aromatic nitrogens is 3. The summed E-state index contributed by atoms with van der Waals surface area (Å²) < 4.78 is 5.32. The lowest BCUT2D eigenvalue weighted by molar-refractivity contribution is 0.0612. The zero-order valence-corrected chi connectivity index (χ0v) is 11.8. The predicted octanol–water partition coefficient (Wildman–Crippen LogP) is 2.03. The third-order valence-corrected chi connectivity index (χ3v) is 3.30. The van der Waals surface area contributed by atoms with Crippen molar-refractivity contribution >= 4 is 17.5 Å². The van der Waals surface area contributed by atoms with Crippen molar-refractivity contribution in [3.63, 3.8) is 0 Å². The normalized spacial score (nSPS) is 17.4. The van der Waals surface area contributed by atoms with Crippen LogP contribution in [0, 0.1) is 0 Å². The molecule has 1 aliphatic carbocycles. The lowest BCUT2D eigenvalue weighted by Gasteiger charge is -2.22. The Morgan fingerprint density at radius 3 is 2.74 bits per heavy atom. The standard InChI is InChI=1S/C12H19ClN4O2/c1-2-7-19-11-16-9(13)15-10(17-11)14-8-12(18)5-3-4-6-12/h18H,2-8H2,1H3,(H,14,15,16,17). The van der Waals surface area contributed by atoms with Crippen molar-refractivity contribution < 1.29 is 9.84 Å². The molecule has 0 aliphatic heterocycles. The Hall–Kier alpha value is -1.14. The molecule has 0 radical (unpaired) electrons. The average molecular weight is 287 g/mol. The molecule has 19 heavy (non-hydrogen) atoms. The van der Waals surface area contributed by atoms with Crippen LogP contribution in [0.2, 0.25) is 5.28 Å². The van der Waals surface area contributed by atoms with Crippen molar-refractivity contribution in [2.75, 3.05) is 18.5 Å². The van der Waals surface area contributed by atoms with Crippen molar-refractivity contribution in [2.24, 2.45) is 0 Å².